The lowest BCUT2D eigenvalue weighted by Gasteiger charge is -2.32. The Kier molecular flexibility index (Phi) is 1.75. The van der Waals surface area contributed by atoms with Crippen LogP contribution in [0.2, 0.25) is 0 Å². The van der Waals surface area contributed by atoms with Crippen LogP contribution in [0.1, 0.15) is 28.8 Å². The van der Waals surface area contributed by atoms with Crippen LogP contribution in [0.3, 0.4) is 0 Å². The molecule has 2 heterocycles. The molecule has 1 atom stereocenters. The molecule has 1 saturated heterocycles. The largest absolute Gasteiger partial charge is 0.469 e. The standard InChI is InChI=1S/C12H13NO2/c1-8-4-2-5-9-11(8)15-10-6-3-7-13(10)12(9)14/h2,4-5,10H,3,6-7H2,1H3. The van der Waals surface area contributed by atoms with E-state index in [4.69, 9.17) is 4.74 Å². The predicted octanol–water partition coefficient (Wildman–Crippen LogP) is 1.95. The van der Waals surface area contributed by atoms with Crippen molar-refractivity contribution in [1.29, 1.82) is 0 Å². The Bertz CT molecular complexity index is 428. The zero-order valence-corrected chi connectivity index (χ0v) is 8.69. The number of amides is 1. The van der Waals surface area contributed by atoms with Crippen LogP contribution < -0.4 is 4.74 Å². The molecular formula is C12H13NO2. The number of carbonyl (C=O) groups is 1. The highest BCUT2D eigenvalue weighted by atomic mass is 16.5. The van der Waals surface area contributed by atoms with Gasteiger partial charge in [0.25, 0.3) is 5.91 Å². The van der Waals surface area contributed by atoms with Gasteiger partial charge in [-0.3, -0.25) is 4.79 Å². The molecule has 1 aromatic rings. The van der Waals surface area contributed by atoms with Gasteiger partial charge in [-0.15, -0.1) is 0 Å². The van der Waals surface area contributed by atoms with Gasteiger partial charge in [-0.05, 0) is 25.0 Å². The Hall–Kier alpha value is -1.51. The Balaban J connectivity index is 2.12. The maximum absolute atomic E-state index is 12.1. The molecule has 0 bridgehead atoms. The molecule has 2 aliphatic rings. The maximum Gasteiger partial charge on any atom is 0.260 e. The lowest BCUT2D eigenvalue weighted by Crippen LogP contribution is -2.43. The van der Waals surface area contributed by atoms with Gasteiger partial charge in [0.15, 0.2) is 6.23 Å². The van der Waals surface area contributed by atoms with Crippen LogP contribution in [-0.4, -0.2) is 23.6 Å². The average Bonchev–Trinajstić information content (AvgIpc) is 2.68. The summed E-state index contributed by atoms with van der Waals surface area (Å²) in [6, 6.07) is 5.74. The second kappa shape index (κ2) is 2.99. The summed E-state index contributed by atoms with van der Waals surface area (Å²) >= 11 is 0. The van der Waals surface area contributed by atoms with Crippen molar-refractivity contribution in [3.63, 3.8) is 0 Å². The van der Waals surface area contributed by atoms with E-state index in [0.29, 0.717) is 5.56 Å². The van der Waals surface area contributed by atoms with Gasteiger partial charge in [0.05, 0.1) is 5.56 Å². The van der Waals surface area contributed by atoms with Crippen molar-refractivity contribution in [3.05, 3.63) is 29.3 Å². The van der Waals surface area contributed by atoms with Gasteiger partial charge >= 0.3 is 0 Å². The summed E-state index contributed by atoms with van der Waals surface area (Å²) in [5.74, 6) is 0.910. The fraction of sp³-hybridized carbons (Fsp3) is 0.417. The Morgan fingerprint density at radius 2 is 2.33 bits per heavy atom. The molecule has 2 aliphatic heterocycles. The van der Waals surface area contributed by atoms with Crippen molar-refractivity contribution in [1.82, 2.24) is 4.90 Å². The first-order valence-corrected chi connectivity index (χ1v) is 5.34. The first-order chi connectivity index (χ1) is 7.27. The van der Waals surface area contributed by atoms with Gasteiger partial charge < -0.3 is 9.64 Å². The van der Waals surface area contributed by atoms with Crippen molar-refractivity contribution in [3.8, 4) is 5.75 Å². The van der Waals surface area contributed by atoms with Crippen molar-refractivity contribution >= 4 is 5.91 Å². The maximum atomic E-state index is 12.1. The molecule has 15 heavy (non-hydrogen) atoms. The predicted molar refractivity (Wildman–Crippen MR) is 55.9 cm³/mol. The Labute approximate surface area is 88.6 Å². The first-order valence-electron chi connectivity index (χ1n) is 5.34. The van der Waals surface area contributed by atoms with Gasteiger partial charge in [0.1, 0.15) is 5.75 Å². The molecule has 0 spiro atoms. The third-order valence-corrected chi connectivity index (χ3v) is 3.15. The van der Waals surface area contributed by atoms with E-state index in [2.05, 4.69) is 0 Å². The number of ether oxygens (including phenoxy) is 1. The molecule has 0 aliphatic carbocycles. The molecule has 0 aromatic heterocycles. The van der Waals surface area contributed by atoms with Crippen LogP contribution >= 0.6 is 0 Å². The lowest BCUT2D eigenvalue weighted by atomic mass is 10.1. The van der Waals surface area contributed by atoms with Gasteiger partial charge in [0, 0.05) is 13.0 Å². The molecule has 1 amide bonds. The molecular weight excluding hydrogens is 190 g/mol. The van der Waals surface area contributed by atoms with E-state index in [1.54, 1.807) is 0 Å². The zero-order chi connectivity index (χ0) is 10.4. The third-order valence-electron chi connectivity index (χ3n) is 3.15. The number of hydrogen-bond acceptors (Lipinski definition) is 2. The molecule has 0 radical (unpaired) electrons. The summed E-state index contributed by atoms with van der Waals surface area (Å²) < 4.78 is 5.86. The average molecular weight is 203 g/mol. The quantitative estimate of drug-likeness (QED) is 0.645. The van der Waals surface area contributed by atoms with Crippen LogP contribution in [0.15, 0.2) is 18.2 Å². The van der Waals surface area contributed by atoms with Crippen LogP contribution in [-0.2, 0) is 0 Å². The van der Waals surface area contributed by atoms with Crippen molar-refractivity contribution in [2.24, 2.45) is 0 Å². The molecule has 3 heteroatoms. The van der Waals surface area contributed by atoms with E-state index in [1.165, 1.54) is 0 Å². The molecule has 3 nitrogen and oxygen atoms in total. The van der Waals surface area contributed by atoms with E-state index >= 15 is 0 Å². The molecule has 78 valence electrons. The number of rotatable bonds is 0. The van der Waals surface area contributed by atoms with Gasteiger partial charge in [0.2, 0.25) is 0 Å². The van der Waals surface area contributed by atoms with E-state index in [0.717, 1.165) is 30.7 Å². The summed E-state index contributed by atoms with van der Waals surface area (Å²) in [6.45, 7) is 2.81. The third kappa shape index (κ3) is 1.16. The lowest BCUT2D eigenvalue weighted by molar-refractivity contribution is 0.0290. The first kappa shape index (κ1) is 8.77. The minimum Gasteiger partial charge on any atom is -0.469 e. The number of nitrogens with zero attached hydrogens (tertiary/aromatic N) is 1. The normalized spacial score (nSPS) is 23.4. The van der Waals surface area contributed by atoms with E-state index in [1.807, 2.05) is 30.0 Å². The fourth-order valence-electron chi connectivity index (χ4n) is 2.36. The topological polar surface area (TPSA) is 29.5 Å². The smallest absolute Gasteiger partial charge is 0.260 e. The van der Waals surface area contributed by atoms with Crippen LogP contribution in [0, 0.1) is 6.92 Å². The number of benzene rings is 1. The van der Waals surface area contributed by atoms with E-state index in [-0.39, 0.29) is 12.1 Å². The van der Waals surface area contributed by atoms with Gasteiger partial charge in [-0.2, -0.15) is 0 Å². The SMILES string of the molecule is Cc1cccc2c1OC1CCCN1C2=O. The summed E-state index contributed by atoms with van der Waals surface area (Å²) in [7, 11) is 0. The van der Waals surface area contributed by atoms with Crippen LogP contribution in [0.4, 0.5) is 0 Å². The molecule has 1 aromatic carbocycles. The molecule has 0 N–H and O–H groups in total. The molecule has 0 saturated carbocycles. The Morgan fingerprint density at radius 3 is 3.20 bits per heavy atom. The second-order valence-electron chi connectivity index (χ2n) is 4.16. The highest BCUT2D eigenvalue weighted by molar-refractivity contribution is 5.98. The summed E-state index contributed by atoms with van der Waals surface area (Å²) in [5, 5.41) is 0. The highest BCUT2D eigenvalue weighted by Crippen LogP contribution is 2.34. The van der Waals surface area contributed by atoms with Crippen LogP contribution in [0.5, 0.6) is 5.75 Å². The number of fused-ring (bicyclic) bond motifs is 2. The molecule has 1 fully saturated rings. The minimum absolute atomic E-state index is 0.0221. The molecule has 1 unspecified atom stereocenters. The zero-order valence-electron chi connectivity index (χ0n) is 8.69. The number of hydrogen-bond donors (Lipinski definition) is 0. The highest BCUT2D eigenvalue weighted by Gasteiger charge is 2.37. The van der Waals surface area contributed by atoms with Gasteiger partial charge in [-0.25, -0.2) is 0 Å². The van der Waals surface area contributed by atoms with Crippen molar-refractivity contribution in [2.45, 2.75) is 26.0 Å². The number of carbonyl (C=O) groups excluding carboxylic acids is 1. The van der Waals surface area contributed by atoms with Gasteiger partial charge in [-0.1, -0.05) is 12.1 Å². The van der Waals surface area contributed by atoms with Crippen LogP contribution in [0.25, 0.3) is 0 Å². The summed E-state index contributed by atoms with van der Waals surface area (Å²) in [5.41, 5.74) is 1.76. The second-order valence-corrected chi connectivity index (χ2v) is 4.16. The summed E-state index contributed by atoms with van der Waals surface area (Å²) in [6.07, 6.45) is 1.98. The van der Waals surface area contributed by atoms with Crippen molar-refractivity contribution < 1.29 is 9.53 Å². The minimum atomic E-state index is -0.0221. The fourth-order valence-corrected chi connectivity index (χ4v) is 2.36. The molecule has 3 rings (SSSR count). The monoisotopic (exact) mass is 203 g/mol. The number of para-hydroxylation sites is 1. The Morgan fingerprint density at radius 1 is 1.47 bits per heavy atom. The van der Waals surface area contributed by atoms with E-state index in [9.17, 15) is 4.79 Å². The summed E-state index contributed by atoms with van der Waals surface area (Å²) in [4.78, 5) is 13.9. The number of aryl methyl sites for hydroxylation is 1. The van der Waals surface area contributed by atoms with Crippen molar-refractivity contribution in [2.75, 3.05) is 6.54 Å². The van der Waals surface area contributed by atoms with E-state index < -0.39 is 0 Å².